The van der Waals surface area contributed by atoms with Gasteiger partial charge in [0, 0.05) is 5.02 Å². The van der Waals surface area contributed by atoms with Gasteiger partial charge in [-0.3, -0.25) is 9.59 Å². The van der Waals surface area contributed by atoms with Crippen molar-refractivity contribution in [3.63, 3.8) is 0 Å². The predicted molar refractivity (Wildman–Crippen MR) is 69.4 cm³/mol. The molecule has 0 bridgehead atoms. The van der Waals surface area contributed by atoms with Crippen LogP contribution in [0.4, 0.5) is 5.69 Å². The van der Waals surface area contributed by atoms with Gasteiger partial charge in [0.25, 0.3) is 5.91 Å². The maximum atomic E-state index is 11.8. The maximum Gasteiger partial charge on any atom is 0.265 e. The van der Waals surface area contributed by atoms with Crippen molar-refractivity contribution in [2.45, 2.75) is 32.8 Å². The topological polar surface area (TPSA) is 55.4 Å². The Kier molecular flexibility index (Phi) is 3.57. The van der Waals surface area contributed by atoms with Crippen LogP contribution in [0.3, 0.4) is 0 Å². The van der Waals surface area contributed by atoms with Gasteiger partial charge in [0.15, 0.2) is 17.6 Å². The molecular formula is C13H14ClNO3. The highest BCUT2D eigenvalue weighted by Gasteiger charge is 2.29. The molecule has 1 aliphatic rings. The van der Waals surface area contributed by atoms with Gasteiger partial charge in [0.1, 0.15) is 0 Å². The van der Waals surface area contributed by atoms with Crippen molar-refractivity contribution in [3.8, 4) is 5.75 Å². The Labute approximate surface area is 110 Å². The van der Waals surface area contributed by atoms with E-state index in [4.69, 9.17) is 16.3 Å². The molecule has 0 aliphatic carbocycles. The van der Waals surface area contributed by atoms with Crippen molar-refractivity contribution in [2.24, 2.45) is 0 Å². The normalized spacial score (nSPS) is 17.7. The molecule has 1 amide bonds. The zero-order valence-corrected chi connectivity index (χ0v) is 11.0. The Morgan fingerprint density at radius 2 is 2.22 bits per heavy atom. The zero-order chi connectivity index (χ0) is 13.3. The summed E-state index contributed by atoms with van der Waals surface area (Å²) in [5, 5.41) is 3.13. The summed E-state index contributed by atoms with van der Waals surface area (Å²) in [5.74, 6) is 0.0891. The highest BCUT2D eigenvalue weighted by atomic mass is 35.5. The van der Waals surface area contributed by atoms with E-state index in [-0.39, 0.29) is 11.7 Å². The van der Waals surface area contributed by atoms with Crippen LogP contribution >= 0.6 is 11.6 Å². The van der Waals surface area contributed by atoms with E-state index in [2.05, 4.69) is 5.32 Å². The summed E-state index contributed by atoms with van der Waals surface area (Å²) >= 11 is 5.91. The van der Waals surface area contributed by atoms with E-state index < -0.39 is 6.10 Å². The summed E-state index contributed by atoms with van der Waals surface area (Å²) < 4.78 is 5.64. The number of anilines is 1. The van der Waals surface area contributed by atoms with Gasteiger partial charge in [-0.05, 0) is 25.5 Å². The number of hydrogen-bond acceptors (Lipinski definition) is 3. The molecule has 1 N–H and O–H groups in total. The van der Waals surface area contributed by atoms with E-state index in [1.165, 1.54) is 6.92 Å². The van der Waals surface area contributed by atoms with Crippen LogP contribution in [0.5, 0.6) is 5.75 Å². The Morgan fingerprint density at radius 1 is 1.50 bits per heavy atom. The van der Waals surface area contributed by atoms with Gasteiger partial charge in [-0.2, -0.15) is 0 Å². The second-order valence-corrected chi connectivity index (χ2v) is 4.71. The molecule has 4 nitrogen and oxygen atoms in total. The first-order valence-corrected chi connectivity index (χ1v) is 6.22. The number of ketones is 1. The predicted octanol–water partition coefficient (Wildman–Crippen LogP) is 3.04. The summed E-state index contributed by atoms with van der Waals surface area (Å²) in [6.07, 6.45) is 0.906. The highest BCUT2D eigenvalue weighted by Crippen LogP contribution is 2.37. The van der Waals surface area contributed by atoms with E-state index in [1.54, 1.807) is 12.1 Å². The average molecular weight is 268 g/mol. The quantitative estimate of drug-likeness (QED) is 0.857. The number of carbonyl (C=O) groups is 2. The molecule has 1 aliphatic heterocycles. The monoisotopic (exact) mass is 267 g/mol. The van der Waals surface area contributed by atoms with E-state index in [9.17, 15) is 9.59 Å². The van der Waals surface area contributed by atoms with Crippen LogP contribution in [0, 0.1) is 0 Å². The Morgan fingerprint density at radius 3 is 2.83 bits per heavy atom. The first kappa shape index (κ1) is 12.9. The Bertz CT molecular complexity index is 513. The second kappa shape index (κ2) is 4.98. The Balaban J connectivity index is 2.45. The fraction of sp³-hybridized carbons (Fsp3) is 0.385. The first-order chi connectivity index (χ1) is 8.52. The molecule has 0 saturated carbocycles. The molecule has 0 fully saturated rings. The molecule has 0 spiro atoms. The van der Waals surface area contributed by atoms with Gasteiger partial charge in [-0.25, -0.2) is 0 Å². The highest BCUT2D eigenvalue weighted by molar-refractivity contribution is 6.31. The number of Topliss-reactive ketones (excluding diaryl/α,β-unsaturated/α-hetero) is 1. The van der Waals surface area contributed by atoms with Gasteiger partial charge in [-0.15, -0.1) is 0 Å². The van der Waals surface area contributed by atoms with E-state index in [1.807, 2.05) is 6.92 Å². The maximum absolute atomic E-state index is 11.8. The lowest BCUT2D eigenvalue weighted by Gasteiger charge is -2.27. The molecule has 5 heteroatoms. The number of nitrogens with one attached hydrogen (secondary N) is 1. The molecule has 96 valence electrons. The lowest BCUT2D eigenvalue weighted by atomic mass is 10.1. The number of hydrogen-bond donors (Lipinski definition) is 1. The van der Waals surface area contributed by atoms with Crippen LogP contribution in [-0.4, -0.2) is 17.8 Å². The van der Waals surface area contributed by atoms with Crippen LogP contribution in [0.1, 0.15) is 37.0 Å². The van der Waals surface area contributed by atoms with Crippen molar-refractivity contribution in [1.82, 2.24) is 0 Å². The third kappa shape index (κ3) is 2.34. The first-order valence-electron chi connectivity index (χ1n) is 5.85. The number of ether oxygens (including phenoxy) is 1. The summed E-state index contributed by atoms with van der Waals surface area (Å²) in [7, 11) is 0. The number of fused-ring (bicyclic) bond motifs is 1. The van der Waals surface area contributed by atoms with E-state index in [0.717, 1.165) is 6.42 Å². The molecule has 0 aromatic heterocycles. The SMILES string of the molecule is CCCC1Oc2c(cc(Cl)cc2C(C)=O)NC1=O. The number of rotatable bonds is 3. The van der Waals surface area contributed by atoms with Crippen molar-refractivity contribution in [3.05, 3.63) is 22.7 Å². The van der Waals surface area contributed by atoms with Gasteiger partial charge < -0.3 is 10.1 Å². The summed E-state index contributed by atoms with van der Waals surface area (Å²) in [5.41, 5.74) is 0.864. The smallest absolute Gasteiger partial charge is 0.265 e. The molecule has 0 radical (unpaired) electrons. The second-order valence-electron chi connectivity index (χ2n) is 4.27. The molecular weight excluding hydrogens is 254 g/mol. The van der Waals surface area contributed by atoms with Gasteiger partial charge >= 0.3 is 0 Å². The number of benzene rings is 1. The summed E-state index contributed by atoms with van der Waals surface area (Å²) in [6, 6.07) is 3.15. The van der Waals surface area contributed by atoms with Crippen molar-refractivity contribution >= 4 is 29.0 Å². The van der Waals surface area contributed by atoms with Gasteiger partial charge in [-0.1, -0.05) is 24.9 Å². The van der Waals surface area contributed by atoms with Crippen molar-refractivity contribution < 1.29 is 14.3 Å². The van der Waals surface area contributed by atoms with Crippen LogP contribution < -0.4 is 10.1 Å². The average Bonchev–Trinajstić information content (AvgIpc) is 2.29. The van der Waals surface area contributed by atoms with Gasteiger partial charge in [0.2, 0.25) is 0 Å². The minimum Gasteiger partial charge on any atom is -0.478 e. The molecule has 1 aromatic rings. The van der Waals surface area contributed by atoms with Crippen molar-refractivity contribution in [1.29, 1.82) is 0 Å². The molecule has 2 rings (SSSR count). The van der Waals surface area contributed by atoms with E-state index in [0.29, 0.717) is 28.4 Å². The fourth-order valence-electron chi connectivity index (χ4n) is 1.94. The standard InChI is InChI=1S/C13H14ClNO3/c1-3-4-11-13(17)15-10-6-8(14)5-9(7(2)16)12(10)18-11/h5-6,11H,3-4H2,1-2H3,(H,15,17). The number of carbonyl (C=O) groups excluding carboxylic acids is 2. The van der Waals surface area contributed by atoms with Gasteiger partial charge in [0.05, 0.1) is 11.3 Å². The third-order valence-electron chi connectivity index (χ3n) is 2.79. The lowest BCUT2D eigenvalue weighted by molar-refractivity contribution is -0.123. The molecule has 1 aromatic carbocycles. The zero-order valence-electron chi connectivity index (χ0n) is 10.2. The third-order valence-corrected chi connectivity index (χ3v) is 3.01. The number of amides is 1. The molecule has 18 heavy (non-hydrogen) atoms. The summed E-state index contributed by atoms with van der Waals surface area (Å²) in [4.78, 5) is 23.3. The molecule has 1 heterocycles. The summed E-state index contributed by atoms with van der Waals surface area (Å²) in [6.45, 7) is 3.42. The minimum absolute atomic E-state index is 0.139. The Hall–Kier alpha value is -1.55. The molecule has 0 saturated heterocycles. The molecule has 1 unspecified atom stereocenters. The van der Waals surface area contributed by atoms with E-state index >= 15 is 0 Å². The fourth-order valence-corrected chi connectivity index (χ4v) is 2.15. The molecule has 1 atom stereocenters. The van der Waals surface area contributed by atoms with Crippen LogP contribution in [0.2, 0.25) is 5.02 Å². The van der Waals surface area contributed by atoms with Crippen LogP contribution in [-0.2, 0) is 4.79 Å². The van der Waals surface area contributed by atoms with Crippen LogP contribution in [0.15, 0.2) is 12.1 Å². The lowest BCUT2D eigenvalue weighted by Crippen LogP contribution is -2.37. The van der Waals surface area contributed by atoms with Crippen LogP contribution in [0.25, 0.3) is 0 Å². The largest absolute Gasteiger partial charge is 0.478 e. The van der Waals surface area contributed by atoms with Crippen molar-refractivity contribution in [2.75, 3.05) is 5.32 Å². The number of halogens is 1. The minimum atomic E-state index is -0.540.